The summed E-state index contributed by atoms with van der Waals surface area (Å²) in [6, 6.07) is 8.83. The van der Waals surface area contributed by atoms with E-state index in [9.17, 15) is 8.42 Å². The van der Waals surface area contributed by atoms with Crippen LogP contribution in [0.5, 0.6) is 0 Å². The molecule has 19 heavy (non-hydrogen) atoms. The van der Waals surface area contributed by atoms with Gasteiger partial charge in [0.1, 0.15) is 9.84 Å². The zero-order valence-corrected chi connectivity index (χ0v) is 13.5. The molecule has 1 aliphatic rings. The van der Waals surface area contributed by atoms with Crippen molar-refractivity contribution in [3.05, 3.63) is 34.3 Å². The first-order chi connectivity index (χ1) is 8.94. The second-order valence-electron chi connectivity index (χ2n) is 5.35. The van der Waals surface area contributed by atoms with Gasteiger partial charge in [-0.3, -0.25) is 0 Å². The minimum absolute atomic E-state index is 0.250. The molecule has 3 nitrogen and oxygen atoms in total. The van der Waals surface area contributed by atoms with E-state index in [2.05, 4.69) is 33.4 Å². The van der Waals surface area contributed by atoms with Crippen LogP contribution in [0.1, 0.15) is 30.7 Å². The van der Waals surface area contributed by atoms with Gasteiger partial charge in [-0.05, 0) is 42.9 Å². The van der Waals surface area contributed by atoms with E-state index in [0.29, 0.717) is 12.5 Å². The second kappa shape index (κ2) is 6.37. The Kier molecular flexibility index (Phi) is 5.03. The van der Waals surface area contributed by atoms with Gasteiger partial charge in [0.05, 0.1) is 5.75 Å². The van der Waals surface area contributed by atoms with Gasteiger partial charge in [0.2, 0.25) is 0 Å². The third-order valence-electron chi connectivity index (χ3n) is 3.41. The number of hydrogen-bond donors (Lipinski definition) is 1. The molecular formula is C14H20BrNO2S. The average molecular weight is 346 g/mol. The highest BCUT2D eigenvalue weighted by molar-refractivity contribution is 9.10. The van der Waals surface area contributed by atoms with Gasteiger partial charge in [0.15, 0.2) is 0 Å². The summed E-state index contributed by atoms with van der Waals surface area (Å²) >= 11 is 3.43. The highest BCUT2D eigenvalue weighted by Gasteiger charge is 2.23. The molecule has 1 N–H and O–H groups in total. The molecule has 0 spiro atoms. The lowest BCUT2D eigenvalue weighted by atomic mass is 9.96. The SMILES string of the molecule is CS(=O)(=O)CCC(CNC1CC1)c1ccc(Br)cc1. The minimum Gasteiger partial charge on any atom is -0.313 e. The maximum Gasteiger partial charge on any atom is 0.147 e. The van der Waals surface area contributed by atoms with Crippen LogP contribution in [-0.4, -0.2) is 33.0 Å². The van der Waals surface area contributed by atoms with Gasteiger partial charge in [-0.15, -0.1) is 0 Å². The molecule has 1 aliphatic carbocycles. The fourth-order valence-electron chi connectivity index (χ4n) is 2.07. The quantitative estimate of drug-likeness (QED) is 0.826. The molecular weight excluding hydrogens is 326 g/mol. The highest BCUT2D eigenvalue weighted by atomic mass is 79.9. The molecule has 0 saturated heterocycles. The van der Waals surface area contributed by atoms with Crippen molar-refractivity contribution in [3.8, 4) is 0 Å². The first kappa shape index (κ1) is 15.0. The lowest BCUT2D eigenvalue weighted by Crippen LogP contribution is -2.25. The van der Waals surface area contributed by atoms with Crippen LogP contribution in [0, 0.1) is 0 Å². The summed E-state index contributed by atoms with van der Waals surface area (Å²) in [7, 11) is -2.90. The highest BCUT2D eigenvalue weighted by Crippen LogP contribution is 2.25. The molecule has 1 aromatic carbocycles. The van der Waals surface area contributed by atoms with Crippen LogP contribution >= 0.6 is 15.9 Å². The van der Waals surface area contributed by atoms with E-state index in [-0.39, 0.29) is 11.7 Å². The van der Waals surface area contributed by atoms with E-state index in [0.717, 1.165) is 11.0 Å². The number of sulfone groups is 1. The molecule has 2 rings (SSSR count). The summed E-state index contributed by atoms with van der Waals surface area (Å²) in [5.74, 6) is 0.517. The fourth-order valence-corrected chi connectivity index (χ4v) is 3.05. The number of halogens is 1. The number of nitrogens with one attached hydrogen (secondary N) is 1. The fraction of sp³-hybridized carbons (Fsp3) is 0.571. The topological polar surface area (TPSA) is 46.2 Å². The summed E-state index contributed by atoms with van der Waals surface area (Å²) < 4.78 is 23.7. The molecule has 1 atom stereocenters. The summed E-state index contributed by atoms with van der Waals surface area (Å²) in [4.78, 5) is 0. The third-order valence-corrected chi connectivity index (χ3v) is 4.91. The van der Waals surface area contributed by atoms with Crippen LogP contribution in [0.25, 0.3) is 0 Å². The Hall–Kier alpha value is -0.390. The van der Waals surface area contributed by atoms with Crippen molar-refractivity contribution >= 4 is 25.8 Å². The van der Waals surface area contributed by atoms with E-state index in [1.165, 1.54) is 24.7 Å². The molecule has 0 aromatic heterocycles. The van der Waals surface area contributed by atoms with Crippen molar-refractivity contribution in [2.75, 3.05) is 18.6 Å². The van der Waals surface area contributed by atoms with E-state index >= 15 is 0 Å². The van der Waals surface area contributed by atoms with Gasteiger partial charge in [0, 0.05) is 23.3 Å². The van der Waals surface area contributed by atoms with Crippen LogP contribution in [0.2, 0.25) is 0 Å². The third kappa shape index (κ3) is 5.63. The molecule has 0 heterocycles. The molecule has 1 fully saturated rings. The first-order valence-corrected chi connectivity index (χ1v) is 9.46. The van der Waals surface area contributed by atoms with Crippen molar-refractivity contribution in [2.24, 2.45) is 0 Å². The van der Waals surface area contributed by atoms with Crippen LogP contribution in [0.3, 0.4) is 0 Å². The lowest BCUT2D eigenvalue weighted by Gasteiger charge is -2.18. The van der Waals surface area contributed by atoms with Crippen molar-refractivity contribution in [1.29, 1.82) is 0 Å². The summed E-state index contributed by atoms with van der Waals surface area (Å²) in [5.41, 5.74) is 1.21. The van der Waals surface area contributed by atoms with Crippen LogP contribution < -0.4 is 5.32 Å². The van der Waals surface area contributed by atoms with Gasteiger partial charge in [-0.1, -0.05) is 28.1 Å². The predicted octanol–water partition coefficient (Wildman–Crippen LogP) is 2.72. The maximum absolute atomic E-state index is 11.3. The average Bonchev–Trinajstić information content (AvgIpc) is 3.13. The Labute approximate surface area is 123 Å². The minimum atomic E-state index is -2.90. The molecule has 0 aliphatic heterocycles. The van der Waals surface area contributed by atoms with Gasteiger partial charge >= 0.3 is 0 Å². The first-order valence-electron chi connectivity index (χ1n) is 6.60. The van der Waals surface area contributed by atoms with E-state index < -0.39 is 9.84 Å². The van der Waals surface area contributed by atoms with Crippen molar-refractivity contribution in [1.82, 2.24) is 5.32 Å². The zero-order chi connectivity index (χ0) is 13.9. The Morgan fingerprint density at radius 3 is 2.47 bits per heavy atom. The van der Waals surface area contributed by atoms with Gasteiger partial charge in [-0.25, -0.2) is 8.42 Å². The Morgan fingerprint density at radius 1 is 1.32 bits per heavy atom. The van der Waals surface area contributed by atoms with Crippen molar-refractivity contribution in [3.63, 3.8) is 0 Å². The zero-order valence-electron chi connectivity index (χ0n) is 11.1. The second-order valence-corrected chi connectivity index (χ2v) is 8.52. The normalized spacial score (nSPS) is 17.4. The molecule has 0 radical (unpaired) electrons. The summed E-state index contributed by atoms with van der Waals surface area (Å²) in [6.07, 6.45) is 4.48. The van der Waals surface area contributed by atoms with E-state index in [4.69, 9.17) is 0 Å². The molecule has 1 saturated carbocycles. The lowest BCUT2D eigenvalue weighted by molar-refractivity contribution is 0.556. The molecule has 5 heteroatoms. The van der Waals surface area contributed by atoms with Gasteiger partial charge in [0.25, 0.3) is 0 Å². The Morgan fingerprint density at radius 2 is 1.95 bits per heavy atom. The van der Waals surface area contributed by atoms with Crippen molar-refractivity contribution < 1.29 is 8.42 Å². The molecule has 1 aromatic rings. The predicted molar refractivity (Wildman–Crippen MR) is 82.2 cm³/mol. The smallest absolute Gasteiger partial charge is 0.147 e. The summed E-state index contributed by atoms with van der Waals surface area (Å²) in [6.45, 7) is 0.863. The monoisotopic (exact) mass is 345 g/mol. The van der Waals surface area contributed by atoms with Crippen LogP contribution in [-0.2, 0) is 9.84 Å². The number of hydrogen-bond acceptors (Lipinski definition) is 3. The molecule has 106 valence electrons. The number of benzene rings is 1. The maximum atomic E-state index is 11.3. The van der Waals surface area contributed by atoms with E-state index in [1.807, 2.05) is 12.1 Å². The van der Waals surface area contributed by atoms with Crippen LogP contribution in [0.4, 0.5) is 0 Å². The summed E-state index contributed by atoms with van der Waals surface area (Å²) in [5, 5.41) is 3.50. The number of rotatable bonds is 7. The van der Waals surface area contributed by atoms with Gasteiger partial charge < -0.3 is 5.32 Å². The van der Waals surface area contributed by atoms with Gasteiger partial charge in [-0.2, -0.15) is 0 Å². The standard InChI is InChI=1S/C14H20BrNO2S/c1-19(17,18)9-8-12(10-16-14-6-7-14)11-2-4-13(15)5-3-11/h2-5,12,14,16H,6-10H2,1H3. The molecule has 0 bridgehead atoms. The van der Waals surface area contributed by atoms with E-state index in [1.54, 1.807) is 0 Å². The Bertz CT molecular complexity index is 509. The largest absolute Gasteiger partial charge is 0.313 e. The van der Waals surface area contributed by atoms with Crippen molar-refractivity contribution in [2.45, 2.75) is 31.2 Å². The van der Waals surface area contributed by atoms with Crippen LogP contribution in [0.15, 0.2) is 28.7 Å². The Balaban J connectivity index is 2.01. The molecule has 0 amide bonds. The molecule has 1 unspecified atom stereocenters.